The normalized spacial score (nSPS) is 10.1. The van der Waals surface area contributed by atoms with Crippen molar-refractivity contribution in [3.8, 4) is 11.5 Å². The Balaban J connectivity index is 2.34. The minimum absolute atomic E-state index is 0.107. The van der Waals surface area contributed by atoms with Gasteiger partial charge < -0.3 is 20.5 Å². The van der Waals surface area contributed by atoms with Gasteiger partial charge in [-0.25, -0.2) is 0 Å². The Labute approximate surface area is 117 Å². The summed E-state index contributed by atoms with van der Waals surface area (Å²) in [6.45, 7) is 0. The fraction of sp³-hybridized carbons (Fsp3) is 0.133. The number of carbonyl (C=O) groups is 1. The van der Waals surface area contributed by atoms with Crippen LogP contribution in [0.25, 0.3) is 0 Å². The Morgan fingerprint density at radius 1 is 1.25 bits per heavy atom. The van der Waals surface area contributed by atoms with Crippen molar-refractivity contribution in [3.05, 3.63) is 48.0 Å². The Hall–Kier alpha value is -2.69. The second kappa shape index (κ2) is 5.52. The van der Waals surface area contributed by atoms with Gasteiger partial charge in [-0.2, -0.15) is 0 Å². The Kier molecular flexibility index (Phi) is 3.79. The number of hydrogen-bond donors (Lipinski definition) is 2. The van der Waals surface area contributed by atoms with Gasteiger partial charge in [0, 0.05) is 12.6 Å². The Morgan fingerprint density at radius 2 is 1.95 bits per heavy atom. The molecule has 0 aromatic heterocycles. The van der Waals surface area contributed by atoms with Crippen molar-refractivity contribution in [3.63, 3.8) is 0 Å². The van der Waals surface area contributed by atoms with Crippen molar-refractivity contribution in [2.24, 2.45) is 0 Å². The summed E-state index contributed by atoms with van der Waals surface area (Å²) in [4.78, 5) is 13.9. The van der Waals surface area contributed by atoms with Crippen molar-refractivity contribution in [2.75, 3.05) is 24.8 Å². The monoisotopic (exact) mass is 272 g/mol. The van der Waals surface area contributed by atoms with E-state index < -0.39 is 0 Å². The molecule has 0 fully saturated rings. The van der Waals surface area contributed by atoms with Gasteiger partial charge in [-0.05, 0) is 30.3 Å². The molecule has 104 valence electrons. The summed E-state index contributed by atoms with van der Waals surface area (Å²) in [5.41, 5.74) is 6.77. The number of nitrogens with zero attached hydrogens (tertiary/aromatic N) is 1. The summed E-state index contributed by atoms with van der Waals surface area (Å²) >= 11 is 0. The van der Waals surface area contributed by atoms with Crippen LogP contribution >= 0.6 is 0 Å². The number of phenolic OH excluding ortho intramolecular Hbond substituents is 1. The molecule has 0 saturated heterocycles. The van der Waals surface area contributed by atoms with Crippen molar-refractivity contribution >= 4 is 17.3 Å². The molecule has 5 heteroatoms. The minimum atomic E-state index is -0.259. The number of para-hydroxylation sites is 2. The molecule has 2 aromatic carbocycles. The first-order chi connectivity index (χ1) is 9.54. The van der Waals surface area contributed by atoms with Gasteiger partial charge in [-0.3, -0.25) is 4.79 Å². The quantitative estimate of drug-likeness (QED) is 0.663. The van der Waals surface area contributed by atoms with Crippen LogP contribution in [-0.4, -0.2) is 25.2 Å². The third kappa shape index (κ3) is 2.51. The van der Waals surface area contributed by atoms with Crippen molar-refractivity contribution in [1.82, 2.24) is 0 Å². The fourth-order valence-corrected chi connectivity index (χ4v) is 1.89. The summed E-state index contributed by atoms with van der Waals surface area (Å²) in [5, 5.41) is 9.58. The molecule has 0 spiro atoms. The van der Waals surface area contributed by atoms with Crippen LogP contribution in [0.2, 0.25) is 0 Å². The van der Waals surface area contributed by atoms with Crippen LogP contribution in [0.3, 0.4) is 0 Å². The van der Waals surface area contributed by atoms with Crippen LogP contribution in [0, 0.1) is 0 Å². The first kappa shape index (κ1) is 13.7. The maximum atomic E-state index is 12.4. The van der Waals surface area contributed by atoms with Crippen molar-refractivity contribution < 1.29 is 14.6 Å². The number of methoxy groups -OCH3 is 1. The third-order valence-corrected chi connectivity index (χ3v) is 3.03. The molecule has 5 nitrogen and oxygen atoms in total. The predicted molar refractivity (Wildman–Crippen MR) is 78.2 cm³/mol. The standard InChI is InChI=1S/C15H16N2O3/c1-17(12-5-3-4-6-14(12)20-2)15(19)10-7-8-11(16)13(18)9-10/h3-9,18H,16H2,1-2H3. The number of nitrogen functional groups attached to an aromatic ring is 1. The molecule has 0 unspecified atom stereocenters. The maximum absolute atomic E-state index is 12.4. The molecule has 2 aromatic rings. The molecular weight excluding hydrogens is 256 g/mol. The molecule has 2 rings (SSSR count). The molecule has 20 heavy (non-hydrogen) atoms. The molecular formula is C15H16N2O3. The maximum Gasteiger partial charge on any atom is 0.258 e. The molecule has 0 heterocycles. The number of ether oxygens (including phenoxy) is 1. The van der Waals surface area contributed by atoms with Gasteiger partial charge in [-0.1, -0.05) is 12.1 Å². The highest BCUT2D eigenvalue weighted by Gasteiger charge is 2.17. The van der Waals surface area contributed by atoms with Gasteiger partial charge in [0.2, 0.25) is 0 Å². The third-order valence-electron chi connectivity index (χ3n) is 3.03. The van der Waals surface area contributed by atoms with E-state index >= 15 is 0 Å². The molecule has 0 bridgehead atoms. The molecule has 0 radical (unpaired) electrons. The lowest BCUT2D eigenvalue weighted by Crippen LogP contribution is -2.26. The van der Waals surface area contributed by atoms with E-state index in [1.807, 2.05) is 12.1 Å². The van der Waals surface area contributed by atoms with E-state index in [4.69, 9.17) is 10.5 Å². The fourth-order valence-electron chi connectivity index (χ4n) is 1.89. The predicted octanol–water partition coefficient (Wildman–Crippen LogP) is 2.26. The van der Waals surface area contributed by atoms with Crippen LogP contribution in [0.1, 0.15) is 10.4 Å². The van der Waals surface area contributed by atoms with E-state index in [9.17, 15) is 9.90 Å². The van der Waals surface area contributed by atoms with Gasteiger partial charge in [0.25, 0.3) is 5.91 Å². The zero-order chi connectivity index (χ0) is 14.7. The van der Waals surface area contributed by atoms with E-state index in [1.54, 1.807) is 32.4 Å². The lowest BCUT2D eigenvalue weighted by molar-refractivity contribution is 0.0992. The largest absolute Gasteiger partial charge is 0.506 e. The number of nitrogens with two attached hydrogens (primary N) is 1. The summed E-state index contributed by atoms with van der Waals surface area (Å²) in [6.07, 6.45) is 0. The van der Waals surface area contributed by atoms with Gasteiger partial charge in [0.1, 0.15) is 11.5 Å². The van der Waals surface area contributed by atoms with E-state index in [2.05, 4.69) is 0 Å². The lowest BCUT2D eigenvalue weighted by atomic mass is 10.1. The highest BCUT2D eigenvalue weighted by molar-refractivity contribution is 6.07. The molecule has 0 saturated carbocycles. The summed E-state index contributed by atoms with van der Waals surface area (Å²) < 4.78 is 5.23. The summed E-state index contributed by atoms with van der Waals surface area (Å²) in [5.74, 6) is 0.233. The zero-order valence-corrected chi connectivity index (χ0v) is 11.3. The van der Waals surface area contributed by atoms with Crippen LogP contribution in [-0.2, 0) is 0 Å². The second-order valence-electron chi connectivity index (χ2n) is 4.31. The Bertz CT molecular complexity index is 641. The average molecular weight is 272 g/mol. The van der Waals surface area contributed by atoms with Crippen LogP contribution in [0.5, 0.6) is 11.5 Å². The first-order valence-electron chi connectivity index (χ1n) is 6.04. The van der Waals surface area contributed by atoms with Crippen molar-refractivity contribution in [2.45, 2.75) is 0 Å². The van der Waals surface area contributed by atoms with E-state index in [1.165, 1.54) is 17.0 Å². The van der Waals surface area contributed by atoms with Gasteiger partial charge >= 0.3 is 0 Å². The van der Waals surface area contributed by atoms with Crippen LogP contribution in [0.4, 0.5) is 11.4 Å². The first-order valence-corrected chi connectivity index (χ1v) is 6.04. The van der Waals surface area contributed by atoms with Gasteiger partial charge in [-0.15, -0.1) is 0 Å². The van der Waals surface area contributed by atoms with Gasteiger partial charge in [0.15, 0.2) is 0 Å². The molecule has 0 aliphatic heterocycles. The number of hydrogen-bond acceptors (Lipinski definition) is 4. The Morgan fingerprint density at radius 3 is 2.60 bits per heavy atom. The number of rotatable bonds is 3. The average Bonchev–Trinajstić information content (AvgIpc) is 2.48. The summed E-state index contributed by atoms with van der Waals surface area (Å²) in [6, 6.07) is 11.6. The van der Waals surface area contributed by atoms with E-state index in [0.29, 0.717) is 17.0 Å². The second-order valence-corrected chi connectivity index (χ2v) is 4.31. The number of benzene rings is 2. The van der Waals surface area contributed by atoms with E-state index in [-0.39, 0.29) is 17.3 Å². The summed E-state index contributed by atoms with van der Waals surface area (Å²) in [7, 11) is 3.19. The molecule has 0 aliphatic rings. The van der Waals surface area contributed by atoms with Gasteiger partial charge in [0.05, 0.1) is 18.5 Å². The molecule has 0 aliphatic carbocycles. The number of anilines is 2. The van der Waals surface area contributed by atoms with Crippen molar-refractivity contribution in [1.29, 1.82) is 0 Å². The van der Waals surface area contributed by atoms with E-state index in [0.717, 1.165) is 0 Å². The number of phenols is 1. The highest BCUT2D eigenvalue weighted by Crippen LogP contribution is 2.29. The lowest BCUT2D eigenvalue weighted by Gasteiger charge is -2.20. The number of amides is 1. The SMILES string of the molecule is COc1ccccc1N(C)C(=O)c1ccc(N)c(O)c1. The number of carbonyl (C=O) groups excluding carboxylic acids is 1. The zero-order valence-electron chi connectivity index (χ0n) is 11.3. The smallest absolute Gasteiger partial charge is 0.258 e. The number of aromatic hydroxyl groups is 1. The van der Waals surface area contributed by atoms with Crippen LogP contribution in [0.15, 0.2) is 42.5 Å². The minimum Gasteiger partial charge on any atom is -0.506 e. The molecule has 0 atom stereocenters. The molecule has 3 N–H and O–H groups in total. The van der Waals surface area contributed by atoms with Crippen LogP contribution < -0.4 is 15.4 Å². The topological polar surface area (TPSA) is 75.8 Å². The molecule has 1 amide bonds. The highest BCUT2D eigenvalue weighted by atomic mass is 16.5.